The van der Waals surface area contributed by atoms with Gasteiger partial charge in [-0.25, -0.2) is 4.57 Å². The molecule has 1 radical (unpaired) electrons. The van der Waals surface area contributed by atoms with Gasteiger partial charge in [0.2, 0.25) is 0 Å². The molecule has 11 nitrogen and oxygen atoms in total. The summed E-state index contributed by atoms with van der Waals surface area (Å²) in [4.78, 5) is 14.2. The van der Waals surface area contributed by atoms with Crippen molar-refractivity contribution < 1.29 is 60.7 Å². The number of nitrogens with zero attached hydrogens (tertiary/aromatic N) is 2. The van der Waals surface area contributed by atoms with Gasteiger partial charge in [-0.1, -0.05) is 25.7 Å². The number of phosphoric ester groups is 1. The van der Waals surface area contributed by atoms with E-state index in [1.807, 2.05) is 0 Å². The Morgan fingerprint density at radius 2 is 1.41 bits per heavy atom. The van der Waals surface area contributed by atoms with Crippen molar-refractivity contribution in [1.29, 1.82) is 0 Å². The maximum absolute atomic E-state index is 11.9. The predicted molar refractivity (Wildman–Crippen MR) is 114 cm³/mol. The molecule has 13 heteroatoms. The molecule has 6 atom stereocenters. The standard InChI is InChI=1S/C19H41N2O9P.Cu/c1-20(2)11-12-21(3)10-8-6-4-5-7-9-13-28-31(26,27)29-14-15-16(22)17(23)18(24)19(25)30-15;/h15-19,22-25H,4-14H2,1-3H3,(H,26,27);/q;+2/t15-,16-,17+,18-,19?;/m1./s1. The third-order valence-electron chi connectivity index (χ3n) is 5.21. The number of likely N-dealkylation sites (N-methyl/N-ethyl adjacent to an activating group) is 2. The van der Waals surface area contributed by atoms with Crippen molar-refractivity contribution in [2.24, 2.45) is 0 Å². The zero-order valence-electron chi connectivity index (χ0n) is 19.2. The van der Waals surface area contributed by atoms with E-state index < -0.39 is 45.1 Å². The average molecular weight is 536 g/mol. The van der Waals surface area contributed by atoms with Crippen LogP contribution in [0.15, 0.2) is 0 Å². The molecule has 1 aliphatic heterocycles. The van der Waals surface area contributed by atoms with Crippen molar-refractivity contribution in [3.05, 3.63) is 0 Å². The molecule has 0 aromatic rings. The van der Waals surface area contributed by atoms with Gasteiger partial charge < -0.3 is 39.9 Å². The normalized spacial score (nSPS) is 28.0. The summed E-state index contributed by atoms with van der Waals surface area (Å²) in [6.45, 7) is 2.66. The Morgan fingerprint density at radius 1 is 0.812 bits per heavy atom. The van der Waals surface area contributed by atoms with Crippen molar-refractivity contribution in [2.45, 2.75) is 69.2 Å². The van der Waals surface area contributed by atoms with Gasteiger partial charge in [0.1, 0.15) is 24.4 Å². The maximum Gasteiger partial charge on any atom is 2.00 e. The van der Waals surface area contributed by atoms with Crippen LogP contribution in [0, 0.1) is 0 Å². The quantitative estimate of drug-likeness (QED) is 0.101. The number of ether oxygens (including phenoxy) is 1. The van der Waals surface area contributed by atoms with Crippen LogP contribution < -0.4 is 0 Å². The first-order chi connectivity index (χ1) is 14.5. The molecule has 5 N–H and O–H groups in total. The van der Waals surface area contributed by atoms with Gasteiger partial charge in [-0.3, -0.25) is 9.05 Å². The van der Waals surface area contributed by atoms with Gasteiger partial charge >= 0.3 is 24.9 Å². The molecule has 2 unspecified atom stereocenters. The second-order valence-corrected chi connectivity index (χ2v) is 9.82. The van der Waals surface area contributed by atoms with Crippen LogP contribution in [-0.2, 0) is 35.4 Å². The fraction of sp³-hybridized carbons (Fsp3) is 1.00. The molecule has 0 amide bonds. The Balaban J connectivity index is 0.00000961. The average Bonchev–Trinajstić information content (AvgIpc) is 2.71. The molecule has 0 saturated carbocycles. The van der Waals surface area contributed by atoms with Crippen molar-refractivity contribution in [3.63, 3.8) is 0 Å². The monoisotopic (exact) mass is 535 g/mol. The van der Waals surface area contributed by atoms with E-state index in [9.17, 15) is 29.9 Å². The number of hydrogen-bond acceptors (Lipinski definition) is 10. The van der Waals surface area contributed by atoms with E-state index in [0.717, 1.165) is 51.7 Å². The third kappa shape index (κ3) is 13.3. The van der Waals surface area contributed by atoms with Gasteiger partial charge in [0.25, 0.3) is 0 Å². The molecule has 0 aliphatic carbocycles. The summed E-state index contributed by atoms with van der Waals surface area (Å²) in [5.74, 6) is 0. The minimum atomic E-state index is -4.36. The minimum absolute atomic E-state index is 0. The maximum atomic E-state index is 11.9. The molecule has 0 aromatic heterocycles. The summed E-state index contributed by atoms with van der Waals surface area (Å²) in [5, 5.41) is 38.2. The molecule has 195 valence electrons. The number of aliphatic hydroxyl groups excluding tert-OH is 4. The number of hydrogen-bond donors (Lipinski definition) is 5. The van der Waals surface area contributed by atoms with Crippen molar-refractivity contribution in [2.75, 3.05) is 54.0 Å². The number of rotatable bonds is 16. The molecule has 0 bridgehead atoms. The predicted octanol–water partition coefficient (Wildman–Crippen LogP) is -0.249. The molecule has 0 aromatic carbocycles. The molecule has 1 fully saturated rings. The zero-order chi connectivity index (χ0) is 23.4. The molecule has 32 heavy (non-hydrogen) atoms. The molecular formula is C19H41CuN2O9P+2. The SMILES string of the molecule is CN(C)CCN(C)CCCCCCCCOP(=O)(O)OC[C@H]1OC(O)[C@H](O)[C@@H](O)[C@@H]1O.[Cu+2]. The van der Waals surface area contributed by atoms with Crippen LogP contribution in [0.2, 0.25) is 0 Å². The zero-order valence-corrected chi connectivity index (χ0v) is 21.0. The third-order valence-corrected chi connectivity index (χ3v) is 6.19. The number of aliphatic hydroxyl groups is 4. The molecule has 1 saturated heterocycles. The van der Waals surface area contributed by atoms with E-state index in [1.54, 1.807) is 0 Å². The fourth-order valence-electron chi connectivity index (χ4n) is 3.13. The van der Waals surface area contributed by atoms with E-state index in [4.69, 9.17) is 13.8 Å². The minimum Gasteiger partial charge on any atom is -0.387 e. The van der Waals surface area contributed by atoms with Crippen LogP contribution >= 0.6 is 7.82 Å². The van der Waals surface area contributed by atoms with Crippen LogP contribution in [0.25, 0.3) is 0 Å². The van der Waals surface area contributed by atoms with Crippen LogP contribution in [0.3, 0.4) is 0 Å². The van der Waals surface area contributed by atoms with E-state index in [1.165, 1.54) is 0 Å². The molecule has 1 rings (SSSR count). The number of phosphoric acid groups is 1. The Bertz CT molecular complexity index is 535. The Labute approximate surface area is 201 Å². The first kappa shape index (κ1) is 32.3. The summed E-state index contributed by atoms with van der Waals surface area (Å²) in [6.07, 6.45) is -2.03. The summed E-state index contributed by atoms with van der Waals surface area (Å²) in [6, 6.07) is 0. The molecule has 1 heterocycles. The first-order valence-electron chi connectivity index (χ1n) is 10.9. The van der Waals surface area contributed by atoms with E-state index in [2.05, 4.69) is 30.9 Å². The smallest absolute Gasteiger partial charge is 0.387 e. The van der Waals surface area contributed by atoms with E-state index >= 15 is 0 Å². The topological polar surface area (TPSA) is 152 Å². The number of unbranched alkanes of at least 4 members (excludes halogenated alkanes) is 5. The van der Waals surface area contributed by atoms with E-state index in [0.29, 0.717) is 6.42 Å². The second-order valence-electron chi connectivity index (χ2n) is 8.36. The van der Waals surface area contributed by atoms with Crippen LogP contribution in [0.4, 0.5) is 0 Å². The Kier molecular flexibility index (Phi) is 17.1. The molecule has 1 aliphatic rings. The van der Waals surface area contributed by atoms with Gasteiger partial charge in [-0.15, -0.1) is 0 Å². The second kappa shape index (κ2) is 16.9. The Hall–Kier alpha value is 0.349. The van der Waals surface area contributed by atoms with Crippen molar-refractivity contribution >= 4 is 7.82 Å². The van der Waals surface area contributed by atoms with Gasteiger partial charge in [-0.2, -0.15) is 0 Å². The molecule has 0 spiro atoms. The van der Waals surface area contributed by atoms with Crippen molar-refractivity contribution in [1.82, 2.24) is 9.80 Å². The summed E-state index contributed by atoms with van der Waals surface area (Å²) >= 11 is 0. The Morgan fingerprint density at radius 3 is 2.03 bits per heavy atom. The largest absolute Gasteiger partial charge is 2.00 e. The molecular weight excluding hydrogens is 495 g/mol. The van der Waals surface area contributed by atoms with Gasteiger partial charge in [0.05, 0.1) is 13.2 Å². The summed E-state index contributed by atoms with van der Waals surface area (Å²) in [7, 11) is 1.91. The summed E-state index contributed by atoms with van der Waals surface area (Å²) in [5.41, 5.74) is 0. The first-order valence-corrected chi connectivity index (χ1v) is 12.4. The fourth-order valence-corrected chi connectivity index (χ4v) is 3.90. The van der Waals surface area contributed by atoms with Gasteiger partial charge in [0.15, 0.2) is 6.29 Å². The van der Waals surface area contributed by atoms with E-state index in [-0.39, 0.29) is 23.7 Å². The van der Waals surface area contributed by atoms with Crippen LogP contribution in [0.5, 0.6) is 0 Å². The van der Waals surface area contributed by atoms with Gasteiger partial charge in [-0.05, 0) is 40.5 Å². The summed E-state index contributed by atoms with van der Waals surface area (Å²) < 4.78 is 26.5. The van der Waals surface area contributed by atoms with Crippen LogP contribution in [0.1, 0.15) is 38.5 Å². The van der Waals surface area contributed by atoms with Crippen LogP contribution in [-0.4, -0.2) is 120 Å². The van der Waals surface area contributed by atoms with Gasteiger partial charge in [0, 0.05) is 13.1 Å². The van der Waals surface area contributed by atoms with Crippen molar-refractivity contribution in [3.8, 4) is 0 Å².